The van der Waals surface area contributed by atoms with Crippen LogP contribution in [0.4, 0.5) is 0 Å². The molecule has 1 N–H and O–H groups in total. The van der Waals surface area contributed by atoms with Gasteiger partial charge in [-0.05, 0) is 25.5 Å². The highest BCUT2D eigenvalue weighted by Gasteiger charge is 2.42. The van der Waals surface area contributed by atoms with Crippen LogP contribution in [0.2, 0.25) is 0 Å². The summed E-state index contributed by atoms with van der Waals surface area (Å²) in [5.74, 6) is -1.18. The molecule has 2 heterocycles. The molecule has 1 aromatic rings. The first kappa shape index (κ1) is 18.2. The number of nitrogens with zero attached hydrogens (tertiary/aromatic N) is 2. The fraction of sp³-hybridized carbons (Fsp3) is 0.526. The Kier molecular flexibility index (Phi) is 6.53. The highest BCUT2D eigenvalue weighted by atomic mass is 16.3. The summed E-state index contributed by atoms with van der Waals surface area (Å²) in [6.07, 6.45) is 8.31. The Morgan fingerprint density at radius 3 is 2.54 bits per heavy atom. The summed E-state index contributed by atoms with van der Waals surface area (Å²) in [7, 11) is 0. The fourth-order valence-electron chi connectivity index (χ4n) is 3.15. The van der Waals surface area contributed by atoms with Gasteiger partial charge in [0.1, 0.15) is 6.04 Å². The quantitative estimate of drug-likeness (QED) is 0.700. The summed E-state index contributed by atoms with van der Waals surface area (Å²) < 4.78 is 0. The van der Waals surface area contributed by atoms with Gasteiger partial charge in [-0.25, -0.2) is 0 Å². The normalized spacial score (nSPS) is 17.7. The number of carbonyl (C=O) groups excluding carboxylic acids is 2. The molecule has 0 fully saturated rings. The number of hydrogen-bond acceptors (Lipinski definition) is 4. The first-order chi connectivity index (χ1) is 11.6. The van der Waals surface area contributed by atoms with Crippen molar-refractivity contribution < 1.29 is 14.7 Å². The van der Waals surface area contributed by atoms with E-state index in [1.165, 1.54) is 26.2 Å². The predicted octanol–water partition coefficient (Wildman–Crippen LogP) is 3.73. The van der Waals surface area contributed by atoms with Gasteiger partial charge < -0.3 is 10.0 Å². The van der Waals surface area contributed by atoms with E-state index in [4.69, 9.17) is 0 Å². The Morgan fingerprint density at radius 1 is 1.21 bits per heavy atom. The molecule has 1 aliphatic heterocycles. The summed E-state index contributed by atoms with van der Waals surface area (Å²) >= 11 is 0. The maximum absolute atomic E-state index is 12.4. The number of hydrogen-bond donors (Lipinski definition) is 1. The van der Waals surface area contributed by atoms with Crippen molar-refractivity contribution >= 4 is 11.7 Å². The maximum Gasteiger partial charge on any atom is 0.290 e. The summed E-state index contributed by atoms with van der Waals surface area (Å²) in [5.41, 5.74) is 0.774. The molecule has 0 saturated heterocycles. The lowest BCUT2D eigenvalue weighted by Gasteiger charge is -2.25. The third kappa shape index (κ3) is 4.02. The molecule has 1 aliphatic rings. The van der Waals surface area contributed by atoms with Crippen LogP contribution >= 0.6 is 0 Å². The number of unbranched alkanes of at least 4 members (excludes halogenated alkanes) is 5. The van der Waals surface area contributed by atoms with Gasteiger partial charge in [0.05, 0.1) is 11.3 Å². The third-order valence-corrected chi connectivity index (χ3v) is 4.40. The van der Waals surface area contributed by atoms with Crippen molar-refractivity contribution in [3.05, 3.63) is 41.4 Å². The zero-order valence-corrected chi connectivity index (χ0v) is 14.5. The predicted molar refractivity (Wildman–Crippen MR) is 92.4 cm³/mol. The van der Waals surface area contributed by atoms with Crippen molar-refractivity contribution in [1.82, 2.24) is 9.88 Å². The molecule has 0 bridgehead atoms. The Hall–Kier alpha value is -2.17. The Bertz CT molecular complexity index is 610. The van der Waals surface area contributed by atoms with Crippen molar-refractivity contribution in [2.75, 3.05) is 6.54 Å². The van der Waals surface area contributed by atoms with E-state index in [0.717, 1.165) is 19.3 Å². The van der Waals surface area contributed by atoms with E-state index in [9.17, 15) is 14.7 Å². The van der Waals surface area contributed by atoms with Gasteiger partial charge >= 0.3 is 0 Å². The number of aromatic nitrogens is 1. The van der Waals surface area contributed by atoms with Gasteiger partial charge in [-0.1, -0.05) is 45.1 Å². The average Bonchev–Trinajstić information content (AvgIpc) is 2.83. The second kappa shape index (κ2) is 8.62. The fourth-order valence-corrected chi connectivity index (χ4v) is 3.15. The SMILES string of the molecule is CCCCCCCCN1C(=O)C(O)=C(C(C)=O)[C@@H]1c1ccccn1. The highest BCUT2D eigenvalue weighted by Crippen LogP contribution is 2.36. The summed E-state index contributed by atoms with van der Waals surface area (Å²) in [6.45, 7) is 4.08. The van der Waals surface area contributed by atoms with Crippen LogP contribution < -0.4 is 0 Å². The van der Waals surface area contributed by atoms with Crippen molar-refractivity contribution in [3.63, 3.8) is 0 Å². The Labute approximate surface area is 143 Å². The van der Waals surface area contributed by atoms with Crippen molar-refractivity contribution in [2.24, 2.45) is 0 Å². The summed E-state index contributed by atoms with van der Waals surface area (Å²) in [5, 5.41) is 10.1. The van der Waals surface area contributed by atoms with E-state index >= 15 is 0 Å². The van der Waals surface area contributed by atoms with Crippen LogP contribution in [0.3, 0.4) is 0 Å². The van der Waals surface area contributed by atoms with Crippen LogP contribution in [0.1, 0.15) is 64.1 Å². The molecular formula is C19H26N2O3. The van der Waals surface area contributed by atoms with Crippen LogP contribution in [0, 0.1) is 0 Å². The first-order valence-electron chi connectivity index (χ1n) is 8.73. The number of aliphatic hydroxyl groups excluding tert-OH is 1. The van der Waals surface area contributed by atoms with Crippen LogP contribution in [0.15, 0.2) is 35.7 Å². The molecule has 0 saturated carbocycles. The van der Waals surface area contributed by atoms with Gasteiger partial charge in [-0.3, -0.25) is 14.6 Å². The molecule has 1 aromatic heterocycles. The van der Waals surface area contributed by atoms with E-state index in [1.807, 2.05) is 6.07 Å². The summed E-state index contributed by atoms with van der Waals surface area (Å²) in [6, 6.07) is 4.82. The van der Waals surface area contributed by atoms with Crippen LogP contribution in [0.25, 0.3) is 0 Å². The molecule has 5 heteroatoms. The molecule has 0 radical (unpaired) electrons. The molecule has 2 rings (SSSR count). The molecule has 130 valence electrons. The topological polar surface area (TPSA) is 70.5 Å². The molecule has 5 nitrogen and oxygen atoms in total. The van der Waals surface area contributed by atoms with Gasteiger partial charge in [0.15, 0.2) is 11.5 Å². The molecule has 1 amide bonds. The zero-order chi connectivity index (χ0) is 17.5. The third-order valence-electron chi connectivity index (χ3n) is 4.40. The van der Waals surface area contributed by atoms with Gasteiger partial charge in [-0.2, -0.15) is 0 Å². The molecule has 0 spiro atoms. The van der Waals surface area contributed by atoms with E-state index in [0.29, 0.717) is 12.2 Å². The maximum atomic E-state index is 12.4. The zero-order valence-electron chi connectivity index (χ0n) is 14.5. The first-order valence-corrected chi connectivity index (χ1v) is 8.73. The lowest BCUT2D eigenvalue weighted by Crippen LogP contribution is -2.32. The Morgan fingerprint density at radius 2 is 1.92 bits per heavy atom. The van der Waals surface area contributed by atoms with Crippen LogP contribution in [0.5, 0.6) is 0 Å². The molecule has 0 aromatic carbocycles. The number of rotatable bonds is 9. The van der Waals surface area contributed by atoms with Crippen LogP contribution in [-0.2, 0) is 9.59 Å². The average molecular weight is 330 g/mol. The summed E-state index contributed by atoms with van der Waals surface area (Å²) in [4.78, 5) is 30.2. The van der Waals surface area contributed by atoms with Gasteiger partial charge in [0.2, 0.25) is 0 Å². The molecule has 24 heavy (non-hydrogen) atoms. The number of aliphatic hydroxyl groups is 1. The minimum absolute atomic E-state index is 0.157. The second-order valence-corrected chi connectivity index (χ2v) is 6.24. The standard InChI is InChI=1S/C19H26N2O3/c1-3-4-5-6-7-10-13-21-17(15-11-8-9-12-20-15)16(14(2)22)18(23)19(21)24/h8-9,11-12,17,23H,3-7,10,13H2,1-2H3/t17-/m0/s1. The highest BCUT2D eigenvalue weighted by molar-refractivity contribution is 6.07. The largest absolute Gasteiger partial charge is 0.503 e. The monoisotopic (exact) mass is 330 g/mol. The molecular weight excluding hydrogens is 304 g/mol. The molecule has 0 unspecified atom stereocenters. The number of pyridine rings is 1. The number of carbonyl (C=O) groups is 2. The number of amides is 1. The van der Waals surface area contributed by atoms with Crippen molar-refractivity contribution in [2.45, 2.75) is 58.4 Å². The molecule has 0 aliphatic carbocycles. The van der Waals surface area contributed by atoms with Gasteiger partial charge in [0.25, 0.3) is 5.91 Å². The van der Waals surface area contributed by atoms with Gasteiger partial charge in [0, 0.05) is 12.7 Å². The second-order valence-electron chi connectivity index (χ2n) is 6.24. The van der Waals surface area contributed by atoms with Crippen molar-refractivity contribution in [1.29, 1.82) is 0 Å². The lowest BCUT2D eigenvalue weighted by atomic mass is 10.0. The minimum atomic E-state index is -0.577. The number of ketones is 1. The number of Topliss-reactive ketones (excluding diaryl/α,β-unsaturated/α-hetero) is 1. The van der Waals surface area contributed by atoms with E-state index in [1.54, 1.807) is 23.2 Å². The minimum Gasteiger partial charge on any atom is -0.503 e. The van der Waals surface area contributed by atoms with Crippen molar-refractivity contribution in [3.8, 4) is 0 Å². The van der Waals surface area contributed by atoms with Crippen LogP contribution in [-0.4, -0.2) is 33.2 Å². The molecule has 1 atom stereocenters. The Balaban J connectivity index is 2.11. The lowest BCUT2D eigenvalue weighted by molar-refractivity contribution is -0.129. The smallest absolute Gasteiger partial charge is 0.290 e. The van der Waals surface area contributed by atoms with Gasteiger partial charge in [-0.15, -0.1) is 0 Å². The van der Waals surface area contributed by atoms with E-state index < -0.39 is 17.7 Å². The van der Waals surface area contributed by atoms with E-state index in [-0.39, 0.29) is 11.4 Å². The van der Waals surface area contributed by atoms with E-state index in [2.05, 4.69) is 11.9 Å².